The second kappa shape index (κ2) is 14.3. The number of hydrogen-bond acceptors (Lipinski definition) is 2. The fraction of sp³-hybridized carbons (Fsp3) is 0.0678. The molecule has 63 heavy (non-hydrogen) atoms. The molecule has 4 heteroatoms. The van der Waals surface area contributed by atoms with Crippen LogP contribution in [0.5, 0.6) is 0 Å². The third-order valence-electron chi connectivity index (χ3n) is 13.6. The molecule has 0 fully saturated rings. The molecule has 0 saturated heterocycles. The first kappa shape index (κ1) is 35.8. The lowest BCUT2D eigenvalue weighted by molar-refractivity contribution is 0.744. The number of nitrogens with zero attached hydrogens (tertiary/aromatic N) is 4. The van der Waals surface area contributed by atoms with Gasteiger partial charge in [-0.2, -0.15) is 0 Å². The minimum Gasteiger partial charge on any atom is -0.333 e. The van der Waals surface area contributed by atoms with Crippen LogP contribution in [0.4, 0.5) is 11.4 Å². The fourth-order valence-corrected chi connectivity index (χ4v) is 10.7. The van der Waals surface area contributed by atoms with Crippen molar-refractivity contribution in [2.24, 2.45) is 0 Å². The summed E-state index contributed by atoms with van der Waals surface area (Å²) in [5.41, 5.74) is 17.0. The Labute approximate surface area is 366 Å². The second-order valence-corrected chi connectivity index (χ2v) is 17.1. The SMILES string of the molecule is C1=CC2c3ccccc3N(c3cc(C4=CCC(c5cncc(-c6ccc(-n7c8ccccc8c8ccccc87)cc6)c5)C=C4)cc(-n4c5ccccc5c5ccccc54)c3)C2C=C1. The van der Waals surface area contributed by atoms with Crippen LogP contribution >= 0.6 is 0 Å². The van der Waals surface area contributed by atoms with Crippen LogP contribution in [0.3, 0.4) is 0 Å². The molecule has 4 nitrogen and oxygen atoms in total. The topological polar surface area (TPSA) is 26.0 Å². The van der Waals surface area contributed by atoms with Crippen molar-refractivity contribution < 1.29 is 0 Å². The Morgan fingerprint density at radius 1 is 0.460 bits per heavy atom. The number of allylic oxidation sites excluding steroid dienone is 6. The van der Waals surface area contributed by atoms with Crippen LogP contribution in [0.1, 0.15) is 34.9 Å². The first-order valence-electron chi connectivity index (χ1n) is 22.0. The van der Waals surface area contributed by atoms with Gasteiger partial charge in [-0.1, -0.05) is 146 Å². The summed E-state index contributed by atoms with van der Waals surface area (Å²) in [4.78, 5) is 7.35. The molecule has 3 atom stereocenters. The summed E-state index contributed by atoms with van der Waals surface area (Å²) < 4.78 is 4.82. The largest absolute Gasteiger partial charge is 0.333 e. The van der Waals surface area contributed by atoms with E-state index < -0.39 is 0 Å². The van der Waals surface area contributed by atoms with Gasteiger partial charge in [-0.15, -0.1) is 0 Å². The van der Waals surface area contributed by atoms with Gasteiger partial charge < -0.3 is 14.0 Å². The maximum atomic E-state index is 4.79. The molecule has 7 aromatic carbocycles. The normalized spacial score (nSPS) is 17.8. The van der Waals surface area contributed by atoms with Gasteiger partial charge in [0.1, 0.15) is 0 Å². The lowest BCUT2D eigenvalue weighted by Crippen LogP contribution is -2.28. The number of fused-ring (bicyclic) bond motifs is 9. The van der Waals surface area contributed by atoms with E-state index in [1.165, 1.54) is 77.2 Å². The summed E-state index contributed by atoms with van der Waals surface area (Å²) >= 11 is 0. The quantitative estimate of drug-likeness (QED) is 0.167. The van der Waals surface area contributed by atoms with Crippen molar-refractivity contribution in [1.29, 1.82) is 0 Å². The third-order valence-corrected chi connectivity index (χ3v) is 13.6. The number of para-hydroxylation sites is 5. The first-order valence-corrected chi connectivity index (χ1v) is 22.0. The predicted octanol–water partition coefficient (Wildman–Crippen LogP) is 14.8. The molecule has 0 spiro atoms. The van der Waals surface area contributed by atoms with Gasteiger partial charge in [-0.3, -0.25) is 4.98 Å². The van der Waals surface area contributed by atoms with E-state index in [1.54, 1.807) is 0 Å². The molecule has 298 valence electrons. The van der Waals surface area contributed by atoms with E-state index >= 15 is 0 Å². The van der Waals surface area contributed by atoms with Crippen molar-refractivity contribution >= 4 is 60.6 Å². The molecule has 0 radical (unpaired) electrons. The zero-order chi connectivity index (χ0) is 41.4. The Balaban J connectivity index is 0.855. The second-order valence-electron chi connectivity index (χ2n) is 17.1. The lowest BCUT2D eigenvalue weighted by Gasteiger charge is -2.30. The molecule has 3 unspecified atom stereocenters. The fourth-order valence-electron chi connectivity index (χ4n) is 10.7. The van der Waals surface area contributed by atoms with Crippen LogP contribution in [-0.4, -0.2) is 20.2 Å². The summed E-state index contributed by atoms with van der Waals surface area (Å²) in [5.74, 6) is 0.534. The molecule has 0 saturated carbocycles. The van der Waals surface area contributed by atoms with Crippen LogP contribution in [0, 0.1) is 0 Å². The Bertz CT molecular complexity index is 3470. The molecule has 0 amide bonds. The lowest BCUT2D eigenvalue weighted by atomic mass is 9.87. The van der Waals surface area contributed by atoms with E-state index in [0.717, 1.165) is 28.9 Å². The Morgan fingerprint density at radius 3 is 1.70 bits per heavy atom. The van der Waals surface area contributed by atoms with Gasteiger partial charge in [-0.05, 0) is 101 Å². The minimum absolute atomic E-state index is 0.207. The van der Waals surface area contributed by atoms with E-state index in [0.29, 0.717) is 5.92 Å². The highest BCUT2D eigenvalue weighted by atomic mass is 15.2. The van der Waals surface area contributed by atoms with Gasteiger partial charge in [0.05, 0.1) is 28.1 Å². The van der Waals surface area contributed by atoms with Crippen molar-refractivity contribution in [2.75, 3.05) is 4.90 Å². The van der Waals surface area contributed by atoms with Crippen LogP contribution in [0.2, 0.25) is 0 Å². The molecule has 4 heterocycles. The Morgan fingerprint density at radius 2 is 1.05 bits per heavy atom. The van der Waals surface area contributed by atoms with Crippen molar-refractivity contribution in [1.82, 2.24) is 14.1 Å². The van der Waals surface area contributed by atoms with Gasteiger partial charge in [-0.25, -0.2) is 0 Å². The van der Waals surface area contributed by atoms with E-state index in [-0.39, 0.29) is 12.0 Å². The average Bonchev–Trinajstić information content (AvgIpc) is 4.00. The number of aromatic nitrogens is 3. The maximum Gasteiger partial charge on any atom is 0.0629 e. The van der Waals surface area contributed by atoms with Gasteiger partial charge >= 0.3 is 0 Å². The number of pyridine rings is 1. The van der Waals surface area contributed by atoms with Crippen molar-refractivity contribution in [3.05, 3.63) is 241 Å². The zero-order valence-corrected chi connectivity index (χ0v) is 34.6. The number of benzene rings is 7. The maximum absolute atomic E-state index is 4.79. The molecule has 1 aliphatic heterocycles. The summed E-state index contributed by atoms with van der Waals surface area (Å²) in [5, 5.41) is 5.07. The number of hydrogen-bond donors (Lipinski definition) is 0. The van der Waals surface area contributed by atoms with Crippen molar-refractivity contribution in [2.45, 2.75) is 24.3 Å². The molecule has 10 aromatic rings. The van der Waals surface area contributed by atoms with E-state index in [1.807, 2.05) is 12.4 Å². The summed E-state index contributed by atoms with van der Waals surface area (Å²) in [6, 6.07) is 62.5. The molecular weight excluding hydrogens is 765 g/mol. The third kappa shape index (κ3) is 5.72. The molecule has 0 N–H and O–H groups in total. The van der Waals surface area contributed by atoms with Crippen LogP contribution in [0.15, 0.2) is 225 Å². The monoisotopic (exact) mass is 806 g/mol. The Hall–Kier alpha value is -7.95. The van der Waals surface area contributed by atoms with Crippen molar-refractivity contribution in [3.63, 3.8) is 0 Å². The molecule has 2 aliphatic carbocycles. The van der Waals surface area contributed by atoms with Crippen molar-refractivity contribution in [3.8, 4) is 22.5 Å². The zero-order valence-electron chi connectivity index (χ0n) is 34.6. The average molecular weight is 807 g/mol. The summed E-state index contributed by atoms with van der Waals surface area (Å²) in [6.07, 6.45) is 21.2. The highest BCUT2D eigenvalue weighted by Gasteiger charge is 2.37. The van der Waals surface area contributed by atoms with Crippen LogP contribution < -0.4 is 4.90 Å². The smallest absolute Gasteiger partial charge is 0.0629 e. The van der Waals surface area contributed by atoms with Gasteiger partial charge in [0.15, 0.2) is 0 Å². The molecule has 3 aliphatic rings. The summed E-state index contributed by atoms with van der Waals surface area (Å²) in [6.45, 7) is 0. The van der Waals surface area contributed by atoms with Crippen LogP contribution in [0.25, 0.3) is 71.7 Å². The number of anilines is 2. The molecule has 3 aromatic heterocycles. The molecule has 13 rings (SSSR count). The van der Waals surface area contributed by atoms with Gasteiger partial charge in [0, 0.05) is 74.1 Å². The molecule has 0 bridgehead atoms. The highest BCUT2D eigenvalue weighted by molar-refractivity contribution is 6.10. The minimum atomic E-state index is 0.207. The van der Waals surface area contributed by atoms with E-state index in [2.05, 4.69) is 226 Å². The van der Waals surface area contributed by atoms with E-state index in [9.17, 15) is 0 Å². The van der Waals surface area contributed by atoms with E-state index in [4.69, 9.17) is 4.98 Å². The van der Waals surface area contributed by atoms with Gasteiger partial charge in [0.25, 0.3) is 0 Å². The Kier molecular flexibility index (Phi) is 8.13. The van der Waals surface area contributed by atoms with Gasteiger partial charge in [0.2, 0.25) is 0 Å². The molecular formula is C59H42N4. The standard InChI is InChI=1S/C59H42N4/c1-7-19-54-48(13-1)49-14-2-8-20-55(49)61(54)45-31-29-41(30-32-45)44-33-43(37-60-38-44)40-27-25-39(26-28-40)42-34-46(62-56-21-9-3-15-50(56)51-16-4-10-22-57(51)62)36-47(35-42)63-58-23-11-5-17-52(58)53-18-6-12-24-59(53)63/h1-27,29-38,40,50,56H,28H2. The van der Waals surface area contributed by atoms with Crippen LogP contribution in [-0.2, 0) is 0 Å². The highest BCUT2D eigenvalue weighted by Crippen LogP contribution is 2.49. The predicted molar refractivity (Wildman–Crippen MR) is 263 cm³/mol. The summed E-state index contributed by atoms with van der Waals surface area (Å²) in [7, 11) is 0. The first-order chi connectivity index (χ1) is 31.2. The number of rotatable bonds is 6.